The summed E-state index contributed by atoms with van der Waals surface area (Å²) in [6.45, 7) is 3.11. The number of hydrogen-bond acceptors (Lipinski definition) is 4. The summed E-state index contributed by atoms with van der Waals surface area (Å²) in [6.07, 6.45) is 2.39. The van der Waals surface area contributed by atoms with Crippen LogP contribution in [-0.2, 0) is 4.74 Å². The maximum Gasteiger partial charge on any atom is 0.255 e. The third-order valence-corrected chi connectivity index (χ3v) is 4.10. The first kappa shape index (κ1) is 15.8. The fourth-order valence-corrected chi connectivity index (χ4v) is 2.50. The van der Waals surface area contributed by atoms with Gasteiger partial charge in [0.1, 0.15) is 6.10 Å². The van der Waals surface area contributed by atoms with Gasteiger partial charge in [0, 0.05) is 35.0 Å². The molecule has 1 amide bonds. The number of pyridine rings is 1. The molecule has 1 unspecified atom stereocenters. The largest absolute Gasteiger partial charge is 0.472 e. The summed E-state index contributed by atoms with van der Waals surface area (Å²) >= 11 is 6.07. The molecule has 1 aromatic carbocycles. The van der Waals surface area contributed by atoms with Gasteiger partial charge in [-0.3, -0.25) is 4.79 Å². The Morgan fingerprint density at radius 3 is 3.09 bits per heavy atom. The Morgan fingerprint density at radius 1 is 1.43 bits per heavy atom. The van der Waals surface area contributed by atoms with Gasteiger partial charge in [-0.2, -0.15) is 0 Å². The molecule has 1 fully saturated rings. The molecule has 3 rings (SSSR count). The highest BCUT2D eigenvalue weighted by atomic mass is 35.5. The van der Waals surface area contributed by atoms with Crippen molar-refractivity contribution < 1.29 is 14.3 Å². The Labute approximate surface area is 139 Å². The van der Waals surface area contributed by atoms with Crippen LogP contribution < -0.4 is 10.1 Å². The first-order chi connectivity index (χ1) is 11.1. The second-order valence-corrected chi connectivity index (χ2v) is 5.76. The second-order valence-electron chi connectivity index (χ2n) is 5.35. The number of nitrogens with one attached hydrogen (secondary N) is 1. The highest BCUT2D eigenvalue weighted by Gasteiger charge is 2.18. The molecule has 1 N–H and O–H groups in total. The van der Waals surface area contributed by atoms with Crippen molar-refractivity contribution in [3.05, 3.63) is 52.7 Å². The molecular formula is C17H17ClN2O3. The first-order valence-electron chi connectivity index (χ1n) is 7.40. The molecule has 0 saturated carbocycles. The lowest BCUT2D eigenvalue weighted by Crippen LogP contribution is -2.17. The van der Waals surface area contributed by atoms with Gasteiger partial charge in [0.25, 0.3) is 5.91 Å². The molecule has 1 aliphatic rings. The summed E-state index contributed by atoms with van der Waals surface area (Å²) in [5.74, 6) is 0.196. The summed E-state index contributed by atoms with van der Waals surface area (Å²) in [6, 6.07) is 8.68. The molecule has 0 aliphatic carbocycles. The number of benzene rings is 1. The number of rotatable bonds is 4. The predicted octanol–water partition coefficient (Wildman–Crippen LogP) is 3.46. The molecular weight excluding hydrogens is 316 g/mol. The zero-order valence-corrected chi connectivity index (χ0v) is 13.5. The molecule has 120 valence electrons. The van der Waals surface area contributed by atoms with E-state index >= 15 is 0 Å². The van der Waals surface area contributed by atoms with E-state index in [1.807, 2.05) is 13.0 Å². The SMILES string of the molecule is Cc1c(Cl)cccc1NC(=O)c1ccnc(OC2CCOC2)c1. The average molecular weight is 333 g/mol. The third kappa shape index (κ3) is 3.81. The van der Waals surface area contributed by atoms with Crippen molar-refractivity contribution in [2.24, 2.45) is 0 Å². The average Bonchev–Trinajstić information content (AvgIpc) is 3.05. The van der Waals surface area contributed by atoms with E-state index in [-0.39, 0.29) is 12.0 Å². The van der Waals surface area contributed by atoms with Crippen molar-refractivity contribution in [1.29, 1.82) is 0 Å². The maximum absolute atomic E-state index is 12.4. The lowest BCUT2D eigenvalue weighted by molar-refractivity contribution is 0.102. The van der Waals surface area contributed by atoms with Crippen molar-refractivity contribution in [2.45, 2.75) is 19.4 Å². The van der Waals surface area contributed by atoms with Crippen LogP contribution in [0.3, 0.4) is 0 Å². The molecule has 23 heavy (non-hydrogen) atoms. The molecule has 1 saturated heterocycles. The highest BCUT2D eigenvalue weighted by Crippen LogP contribution is 2.24. The summed E-state index contributed by atoms with van der Waals surface area (Å²) in [4.78, 5) is 16.5. The van der Waals surface area contributed by atoms with Crippen LogP contribution in [0.25, 0.3) is 0 Å². The lowest BCUT2D eigenvalue weighted by Gasteiger charge is -2.12. The Morgan fingerprint density at radius 2 is 2.30 bits per heavy atom. The van der Waals surface area contributed by atoms with Gasteiger partial charge in [0.05, 0.1) is 13.2 Å². The zero-order chi connectivity index (χ0) is 16.2. The van der Waals surface area contributed by atoms with E-state index in [4.69, 9.17) is 21.1 Å². The Hall–Kier alpha value is -2.11. The Kier molecular flexibility index (Phi) is 4.79. The van der Waals surface area contributed by atoms with Gasteiger partial charge in [0.15, 0.2) is 0 Å². The molecule has 1 atom stereocenters. The zero-order valence-electron chi connectivity index (χ0n) is 12.7. The molecule has 2 aromatic rings. The molecule has 0 spiro atoms. The number of carbonyl (C=O) groups excluding carboxylic acids is 1. The van der Waals surface area contributed by atoms with Crippen LogP contribution >= 0.6 is 11.6 Å². The van der Waals surface area contributed by atoms with Crippen molar-refractivity contribution in [2.75, 3.05) is 18.5 Å². The van der Waals surface area contributed by atoms with Crippen molar-refractivity contribution in [1.82, 2.24) is 4.98 Å². The second kappa shape index (κ2) is 6.98. The summed E-state index contributed by atoms with van der Waals surface area (Å²) in [5.41, 5.74) is 2.00. The van der Waals surface area contributed by atoms with Gasteiger partial charge in [-0.25, -0.2) is 4.98 Å². The van der Waals surface area contributed by atoms with E-state index in [0.717, 1.165) is 12.0 Å². The van der Waals surface area contributed by atoms with E-state index in [2.05, 4.69) is 10.3 Å². The summed E-state index contributed by atoms with van der Waals surface area (Å²) in [5, 5.41) is 3.47. The minimum Gasteiger partial charge on any atom is -0.472 e. The predicted molar refractivity (Wildman–Crippen MR) is 88.2 cm³/mol. The van der Waals surface area contributed by atoms with Crippen LogP contribution in [0.15, 0.2) is 36.5 Å². The minimum atomic E-state index is -0.231. The van der Waals surface area contributed by atoms with Gasteiger partial charge in [-0.1, -0.05) is 17.7 Å². The molecule has 0 radical (unpaired) electrons. The topological polar surface area (TPSA) is 60.5 Å². The van der Waals surface area contributed by atoms with E-state index < -0.39 is 0 Å². The minimum absolute atomic E-state index is 0.00372. The molecule has 2 heterocycles. The molecule has 5 nitrogen and oxygen atoms in total. The number of aromatic nitrogens is 1. The van der Waals surface area contributed by atoms with E-state index in [1.54, 1.807) is 30.5 Å². The van der Waals surface area contributed by atoms with Crippen molar-refractivity contribution >= 4 is 23.2 Å². The van der Waals surface area contributed by atoms with Crippen LogP contribution in [0.2, 0.25) is 5.02 Å². The summed E-state index contributed by atoms with van der Waals surface area (Å²) < 4.78 is 11.0. The lowest BCUT2D eigenvalue weighted by atomic mass is 10.2. The van der Waals surface area contributed by atoms with E-state index in [1.165, 1.54) is 0 Å². The van der Waals surface area contributed by atoms with Gasteiger partial charge >= 0.3 is 0 Å². The third-order valence-electron chi connectivity index (χ3n) is 3.69. The smallest absolute Gasteiger partial charge is 0.255 e. The maximum atomic E-state index is 12.4. The number of halogens is 1. The molecule has 1 aromatic heterocycles. The van der Waals surface area contributed by atoms with Gasteiger partial charge in [-0.05, 0) is 30.7 Å². The number of amides is 1. The quantitative estimate of drug-likeness (QED) is 0.931. The summed E-state index contributed by atoms with van der Waals surface area (Å²) in [7, 11) is 0. The van der Waals surface area contributed by atoms with Crippen LogP contribution in [0.5, 0.6) is 5.88 Å². The van der Waals surface area contributed by atoms with Crippen LogP contribution in [0, 0.1) is 6.92 Å². The van der Waals surface area contributed by atoms with E-state index in [9.17, 15) is 4.79 Å². The van der Waals surface area contributed by atoms with Crippen LogP contribution in [0.1, 0.15) is 22.3 Å². The van der Waals surface area contributed by atoms with Gasteiger partial charge in [0.2, 0.25) is 5.88 Å². The number of carbonyl (C=O) groups is 1. The van der Waals surface area contributed by atoms with Crippen LogP contribution in [-0.4, -0.2) is 30.2 Å². The normalized spacial score (nSPS) is 17.0. The Bertz CT molecular complexity index is 715. The fourth-order valence-electron chi connectivity index (χ4n) is 2.33. The first-order valence-corrected chi connectivity index (χ1v) is 7.78. The standard InChI is InChI=1S/C17H17ClN2O3/c1-11-14(18)3-2-4-15(11)20-17(21)12-5-7-19-16(9-12)23-13-6-8-22-10-13/h2-5,7,9,13H,6,8,10H2,1H3,(H,20,21). The molecule has 1 aliphatic heterocycles. The number of anilines is 1. The molecule has 6 heteroatoms. The van der Waals surface area contributed by atoms with Gasteiger partial charge in [-0.15, -0.1) is 0 Å². The van der Waals surface area contributed by atoms with Crippen LogP contribution in [0.4, 0.5) is 5.69 Å². The number of ether oxygens (including phenoxy) is 2. The van der Waals surface area contributed by atoms with Gasteiger partial charge < -0.3 is 14.8 Å². The highest BCUT2D eigenvalue weighted by molar-refractivity contribution is 6.31. The Balaban J connectivity index is 1.73. The van der Waals surface area contributed by atoms with E-state index in [0.29, 0.717) is 35.4 Å². The number of nitrogens with zero attached hydrogens (tertiary/aromatic N) is 1. The van der Waals surface area contributed by atoms with Crippen molar-refractivity contribution in [3.63, 3.8) is 0 Å². The fraction of sp³-hybridized carbons (Fsp3) is 0.294. The number of hydrogen-bond donors (Lipinski definition) is 1. The monoisotopic (exact) mass is 332 g/mol. The molecule has 0 bridgehead atoms. The van der Waals surface area contributed by atoms with Crippen molar-refractivity contribution in [3.8, 4) is 5.88 Å².